The second-order valence-corrected chi connectivity index (χ2v) is 4.26. The van der Waals surface area contributed by atoms with Gasteiger partial charge in [-0.2, -0.15) is 5.10 Å². The highest BCUT2D eigenvalue weighted by Gasteiger charge is 2.37. The molecule has 1 saturated carbocycles. The molecule has 1 aromatic heterocycles. The fourth-order valence-electron chi connectivity index (χ4n) is 1.71. The van der Waals surface area contributed by atoms with Crippen molar-refractivity contribution in [2.75, 3.05) is 0 Å². The van der Waals surface area contributed by atoms with Crippen molar-refractivity contribution < 1.29 is 0 Å². The molecule has 0 atom stereocenters. The molecule has 1 aliphatic carbocycles. The second kappa shape index (κ2) is 2.84. The minimum atomic E-state index is 0.163. The van der Waals surface area contributed by atoms with Gasteiger partial charge in [0.15, 0.2) is 0 Å². The lowest BCUT2D eigenvalue weighted by Crippen LogP contribution is -2.22. The van der Waals surface area contributed by atoms with Gasteiger partial charge in [-0.05, 0) is 38.2 Å². The highest BCUT2D eigenvalue weighted by molar-refractivity contribution is 5.16. The molecule has 1 heterocycles. The van der Waals surface area contributed by atoms with Crippen LogP contribution in [0.5, 0.6) is 0 Å². The maximum Gasteiger partial charge on any atom is 0.0521 e. The van der Waals surface area contributed by atoms with Gasteiger partial charge in [-0.1, -0.05) is 0 Å². The van der Waals surface area contributed by atoms with Gasteiger partial charge in [0, 0.05) is 18.3 Å². The summed E-state index contributed by atoms with van der Waals surface area (Å²) in [4.78, 5) is 0. The number of hydrogen-bond acceptors (Lipinski definition) is 2. The summed E-state index contributed by atoms with van der Waals surface area (Å²) < 4.78 is 1.96. The van der Waals surface area contributed by atoms with E-state index in [0.717, 1.165) is 12.8 Å². The Morgan fingerprint density at radius 2 is 2.31 bits per heavy atom. The van der Waals surface area contributed by atoms with Crippen LogP contribution in [0.2, 0.25) is 0 Å². The summed E-state index contributed by atoms with van der Waals surface area (Å²) in [5.41, 5.74) is 8.81. The number of nitrogens with zero attached hydrogens (tertiary/aromatic N) is 2. The summed E-state index contributed by atoms with van der Waals surface area (Å²) in [7, 11) is 2.00. The van der Waals surface area contributed by atoms with Crippen LogP contribution in [0, 0.1) is 6.92 Å². The summed E-state index contributed by atoms with van der Waals surface area (Å²) in [5, 5.41) is 4.21. The Labute approximate surface area is 78.9 Å². The molecule has 1 aliphatic rings. The van der Waals surface area contributed by atoms with Gasteiger partial charge in [-0.3, -0.25) is 4.68 Å². The van der Waals surface area contributed by atoms with Gasteiger partial charge >= 0.3 is 0 Å². The molecule has 0 unspecified atom stereocenters. The van der Waals surface area contributed by atoms with E-state index < -0.39 is 0 Å². The van der Waals surface area contributed by atoms with E-state index in [1.165, 1.54) is 24.1 Å². The van der Waals surface area contributed by atoms with E-state index in [-0.39, 0.29) is 5.54 Å². The summed E-state index contributed by atoms with van der Waals surface area (Å²) in [6, 6.07) is 0. The van der Waals surface area contributed by atoms with E-state index in [2.05, 4.69) is 12.0 Å². The van der Waals surface area contributed by atoms with Crippen LogP contribution in [0.3, 0.4) is 0 Å². The Morgan fingerprint density at radius 3 is 2.77 bits per heavy atom. The maximum atomic E-state index is 6.03. The molecular formula is C10H17N3. The van der Waals surface area contributed by atoms with Crippen molar-refractivity contribution in [2.24, 2.45) is 12.8 Å². The van der Waals surface area contributed by atoms with E-state index in [4.69, 9.17) is 5.73 Å². The standard InChI is InChI=1S/C10H17N3/c1-8-7-12-13(2)9(8)3-4-10(11)5-6-10/h7H,3-6,11H2,1-2H3. The zero-order valence-electron chi connectivity index (χ0n) is 8.38. The molecule has 1 aromatic rings. The first-order chi connectivity index (χ1) is 6.11. The average molecular weight is 179 g/mol. The van der Waals surface area contributed by atoms with E-state index >= 15 is 0 Å². The van der Waals surface area contributed by atoms with E-state index in [9.17, 15) is 0 Å². The number of nitrogens with two attached hydrogens (primary N) is 1. The van der Waals surface area contributed by atoms with Crippen molar-refractivity contribution in [3.8, 4) is 0 Å². The van der Waals surface area contributed by atoms with Gasteiger partial charge in [0.05, 0.1) is 6.20 Å². The van der Waals surface area contributed by atoms with Crippen molar-refractivity contribution in [1.82, 2.24) is 9.78 Å². The van der Waals surface area contributed by atoms with Crippen LogP contribution in [-0.4, -0.2) is 15.3 Å². The van der Waals surface area contributed by atoms with Crippen molar-refractivity contribution in [1.29, 1.82) is 0 Å². The minimum absolute atomic E-state index is 0.163. The maximum absolute atomic E-state index is 6.03. The number of aromatic nitrogens is 2. The number of hydrogen-bond donors (Lipinski definition) is 1. The molecule has 0 saturated heterocycles. The van der Waals surface area contributed by atoms with E-state index in [0.29, 0.717) is 0 Å². The van der Waals surface area contributed by atoms with E-state index in [1.54, 1.807) is 0 Å². The highest BCUT2D eigenvalue weighted by Crippen LogP contribution is 2.36. The van der Waals surface area contributed by atoms with E-state index in [1.807, 2.05) is 17.9 Å². The zero-order chi connectivity index (χ0) is 9.47. The Bertz CT molecular complexity index is 290. The molecule has 2 N–H and O–H groups in total. The Hall–Kier alpha value is -0.830. The lowest BCUT2D eigenvalue weighted by Gasteiger charge is -2.08. The molecule has 72 valence electrons. The van der Waals surface area contributed by atoms with Crippen LogP contribution in [0.25, 0.3) is 0 Å². The van der Waals surface area contributed by atoms with Crippen LogP contribution in [0.4, 0.5) is 0 Å². The fraction of sp³-hybridized carbons (Fsp3) is 0.700. The highest BCUT2D eigenvalue weighted by atomic mass is 15.3. The molecule has 0 radical (unpaired) electrons. The van der Waals surface area contributed by atoms with Gasteiger partial charge < -0.3 is 5.73 Å². The predicted octanol–water partition coefficient (Wildman–Crippen LogP) is 1.15. The summed E-state index contributed by atoms with van der Waals surface area (Å²) in [6.45, 7) is 2.11. The number of rotatable bonds is 3. The molecule has 2 rings (SSSR count). The molecule has 0 aliphatic heterocycles. The second-order valence-electron chi connectivity index (χ2n) is 4.26. The van der Waals surface area contributed by atoms with Crippen LogP contribution in [0.15, 0.2) is 6.20 Å². The SMILES string of the molecule is Cc1cnn(C)c1CCC1(N)CC1. The topological polar surface area (TPSA) is 43.8 Å². The molecule has 13 heavy (non-hydrogen) atoms. The lowest BCUT2D eigenvalue weighted by atomic mass is 10.1. The van der Waals surface area contributed by atoms with Crippen molar-refractivity contribution in [3.63, 3.8) is 0 Å². The van der Waals surface area contributed by atoms with Crippen LogP contribution < -0.4 is 5.73 Å². The third kappa shape index (κ3) is 1.75. The van der Waals surface area contributed by atoms with Gasteiger partial charge in [0.25, 0.3) is 0 Å². The molecule has 3 nitrogen and oxygen atoms in total. The van der Waals surface area contributed by atoms with Gasteiger partial charge in [-0.15, -0.1) is 0 Å². The summed E-state index contributed by atoms with van der Waals surface area (Å²) in [5.74, 6) is 0. The summed E-state index contributed by atoms with van der Waals surface area (Å²) >= 11 is 0. The number of aryl methyl sites for hydroxylation is 2. The Morgan fingerprint density at radius 1 is 1.62 bits per heavy atom. The zero-order valence-corrected chi connectivity index (χ0v) is 8.38. The molecule has 3 heteroatoms. The first kappa shape index (κ1) is 8.75. The fourth-order valence-corrected chi connectivity index (χ4v) is 1.71. The van der Waals surface area contributed by atoms with Crippen molar-refractivity contribution in [3.05, 3.63) is 17.5 Å². The first-order valence-corrected chi connectivity index (χ1v) is 4.87. The van der Waals surface area contributed by atoms with Crippen LogP contribution in [0.1, 0.15) is 30.5 Å². The summed E-state index contributed by atoms with van der Waals surface area (Å²) in [6.07, 6.45) is 6.49. The molecule has 1 fully saturated rings. The smallest absolute Gasteiger partial charge is 0.0521 e. The third-order valence-electron chi connectivity index (χ3n) is 3.02. The van der Waals surface area contributed by atoms with Crippen LogP contribution in [-0.2, 0) is 13.5 Å². The molecular weight excluding hydrogens is 162 g/mol. The Balaban J connectivity index is 2.00. The lowest BCUT2D eigenvalue weighted by molar-refractivity contribution is 0.582. The quantitative estimate of drug-likeness (QED) is 0.756. The largest absolute Gasteiger partial charge is 0.325 e. The van der Waals surface area contributed by atoms with Gasteiger partial charge in [0.2, 0.25) is 0 Å². The Kier molecular flexibility index (Phi) is 1.91. The normalized spacial score (nSPS) is 19.0. The first-order valence-electron chi connectivity index (χ1n) is 4.87. The molecule has 0 amide bonds. The third-order valence-corrected chi connectivity index (χ3v) is 3.02. The van der Waals surface area contributed by atoms with Gasteiger partial charge in [-0.25, -0.2) is 0 Å². The molecule has 0 bridgehead atoms. The van der Waals surface area contributed by atoms with Gasteiger partial charge in [0.1, 0.15) is 0 Å². The average Bonchev–Trinajstić information content (AvgIpc) is 2.72. The van der Waals surface area contributed by atoms with Crippen molar-refractivity contribution >= 4 is 0 Å². The molecule has 0 aromatic carbocycles. The predicted molar refractivity (Wildman–Crippen MR) is 52.4 cm³/mol. The van der Waals surface area contributed by atoms with Crippen molar-refractivity contribution in [2.45, 2.75) is 38.1 Å². The minimum Gasteiger partial charge on any atom is -0.325 e. The van der Waals surface area contributed by atoms with Crippen LogP contribution >= 0.6 is 0 Å². The molecule has 0 spiro atoms. The monoisotopic (exact) mass is 179 g/mol.